The highest BCUT2D eigenvalue weighted by Gasteiger charge is 2.78. The average molecular weight is 398 g/mol. The number of hydrogen-bond donors (Lipinski definition) is 0. The zero-order valence-electron chi connectivity index (χ0n) is 5.08. The normalized spacial score (nSPS) is 56.4. The molecule has 0 N–H and O–H groups in total. The summed E-state index contributed by atoms with van der Waals surface area (Å²) in [7, 11) is 0. The van der Waals surface area contributed by atoms with Crippen molar-refractivity contribution in [2.24, 2.45) is 5.92 Å². The van der Waals surface area contributed by atoms with E-state index in [1.165, 1.54) is 12.8 Å². The summed E-state index contributed by atoms with van der Waals surface area (Å²) >= 11 is 14.8. The number of hydrogen-bond acceptors (Lipinski definition) is 0. The summed E-state index contributed by atoms with van der Waals surface area (Å²) in [6, 6.07) is 0. The number of alkyl halides is 4. The number of fused-ring (bicyclic) bond motifs is 1. The number of rotatable bonds is 0. The third-order valence-corrected chi connectivity index (χ3v) is 9.54. The average Bonchev–Trinajstić information content (AvgIpc) is 2.19. The minimum Gasteiger partial charge on any atom is -0.0874 e. The van der Waals surface area contributed by atoms with Crippen LogP contribution in [0.4, 0.5) is 0 Å². The quantitative estimate of drug-likeness (QED) is 0.546. The molecule has 0 nitrogen and oxygen atoms in total. The Morgan fingerprint density at radius 2 is 1.70 bits per heavy atom. The van der Waals surface area contributed by atoms with Gasteiger partial charge in [-0.25, -0.2) is 0 Å². The molecule has 2 fully saturated rings. The lowest BCUT2D eigenvalue weighted by molar-refractivity contribution is 0.756. The van der Waals surface area contributed by atoms with Gasteiger partial charge in [0.25, 0.3) is 0 Å². The summed E-state index contributed by atoms with van der Waals surface area (Å²) < 4.78 is 0.444. The Morgan fingerprint density at radius 3 is 1.90 bits per heavy atom. The summed E-state index contributed by atoms with van der Waals surface area (Å²) in [5.74, 6) is 0.754. The third-order valence-electron chi connectivity index (χ3n) is 2.54. The second-order valence-electron chi connectivity index (χ2n) is 2.99. The molecule has 0 aromatic heterocycles. The van der Waals surface area contributed by atoms with Crippen molar-refractivity contribution >= 4 is 63.7 Å². The fourth-order valence-electron chi connectivity index (χ4n) is 1.80. The van der Waals surface area contributed by atoms with Gasteiger partial charge in [0.05, 0.1) is 4.32 Å². The first-order chi connectivity index (χ1) is 4.51. The van der Waals surface area contributed by atoms with E-state index >= 15 is 0 Å². The van der Waals surface area contributed by atoms with E-state index in [1.54, 1.807) is 0 Å². The Morgan fingerprint density at radius 1 is 1.10 bits per heavy atom. The topological polar surface area (TPSA) is 0 Å². The Kier molecular flexibility index (Phi) is 1.90. The van der Waals surface area contributed by atoms with Gasteiger partial charge in [-0.3, -0.25) is 0 Å². The smallest absolute Gasteiger partial charge is 0.0874 e. The summed E-state index contributed by atoms with van der Waals surface area (Å²) in [5.41, 5.74) is 0. The molecule has 2 rings (SSSR count). The maximum absolute atomic E-state index is 3.76. The van der Waals surface area contributed by atoms with Crippen LogP contribution in [0.1, 0.15) is 12.8 Å². The highest BCUT2D eigenvalue weighted by atomic mass is 79.9. The van der Waals surface area contributed by atoms with Crippen LogP contribution in [0.5, 0.6) is 0 Å². The van der Waals surface area contributed by atoms with Crippen molar-refractivity contribution in [3.05, 3.63) is 0 Å². The predicted molar refractivity (Wildman–Crippen MR) is 57.7 cm³/mol. The molecule has 0 bridgehead atoms. The van der Waals surface area contributed by atoms with Crippen molar-refractivity contribution in [1.82, 2.24) is 0 Å². The van der Waals surface area contributed by atoms with Gasteiger partial charge in [-0.1, -0.05) is 63.7 Å². The molecular formula is C6H6Br4. The van der Waals surface area contributed by atoms with Crippen LogP contribution in [0.25, 0.3) is 0 Å². The van der Waals surface area contributed by atoms with Gasteiger partial charge in [0.2, 0.25) is 0 Å². The molecule has 0 spiro atoms. The summed E-state index contributed by atoms with van der Waals surface area (Å²) in [6.45, 7) is 0. The zero-order valence-corrected chi connectivity index (χ0v) is 11.4. The van der Waals surface area contributed by atoms with Gasteiger partial charge in [0, 0.05) is 10.7 Å². The second kappa shape index (κ2) is 2.24. The van der Waals surface area contributed by atoms with Crippen LogP contribution in [-0.2, 0) is 0 Å². The van der Waals surface area contributed by atoms with E-state index in [1.807, 2.05) is 0 Å². The molecule has 10 heavy (non-hydrogen) atoms. The van der Waals surface area contributed by atoms with Crippen LogP contribution < -0.4 is 0 Å². The first-order valence-electron chi connectivity index (χ1n) is 3.22. The molecule has 0 heterocycles. The van der Waals surface area contributed by atoms with E-state index in [0.717, 1.165) is 5.92 Å². The molecule has 0 aromatic carbocycles. The fourth-order valence-corrected chi connectivity index (χ4v) is 7.00. The second-order valence-corrected chi connectivity index (χ2v) is 8.97. The molecule has 2 saturated carbocycles. The van der Waals surface area contributed by atoms with Crippen LogP contribution >= 0.6 is 63.7 Å². The lowest BCUT2D eigenvalue weighted by atomic mass is 10.2. The SMILES string of the molecule is BrC1CC[C@H]2C(Br)(Br)[C@@]12Br. The monoisotopic (exact) mass is 394 g/mol. The molecule has 3 atom stereocenters. The Labute approximate surface area is 94.0 Å². The molecular weight excluding hydrogens is 392 g/mol. The molecule has 0 amide bonds. The fraction of sp³-hybridized carbons (Fsp3) is 1.00. The highest BCUT2D eigenvalue weighted by molar-refractivity contribution is 9.27. The van der Waals surface area contributed by atoms with Crippen LogP contribution in [0.2, 0.25) is 0 Å². The van der Waals surface area contributed by atoms with Crippen LogP contribution in [0, 0.1) is 5.92 Å². The number of halogens is 4. The molecule has 0 aliphatic heterocycles. The van der Waals surface area contributed by atoms with E-state index in [9.17, 15) is 0 Å². The molecule has 1 unspecified atom stereocenters. The Bertz CT molecular complexity index is 179. The van der Waals surface area contributed by atoms with Crippen molar-refractivity contribution in [3.8, 4) is 0 Å². The highest BCUT2D eigenvalue weighted by Crippen LogP contribution is 2.77. The standard InChI is InChI=1S/C6H6Br4/c7-4-2-1-3-5(4,8)6(3,9)10/h3-4H,1-2H2/t3-,4?,5+/m1/s1. The summed E-state index contributed by atoms with van der Waals surface area (Å²) in [5, 5.41) is 0. The minimum atomic E-state index is 0.166. The first-order valence-corrected chi connectivity index (χ1v) is 6.51. The maximum atomic E-state index is 3.76. The van der Waals surface area contributed by atoms with Gasteiger partial charge in [0.15, 0.2) is 0 Å². The Hall–Kier alpha value is 1.92. The van der Waals surface area contributed by atoms with E-state index < -0.39 is 0 Å². The predicted octanol–water partition coefficient (Wildman–Crippen LogP) is 3.79. The lowest BCUT2D eigenvalue weighted by Gasteiger charge is -2.14. The molecule has 4 heteroatoms. The minimum absolute atomic E-state index is 0.166. The largest absolute Gasteiger partial charge is 0.101 e. The molecule has 2 aliphatic rings. The van der Waals surface area contributed by atoms with Gasteiger partial charge >= 0.3 is 0 Å². The Balaban J connectivity index is 2.29. The van der Waals surface area contributed by atoms with Gasteiger partial charge in [-0.15, -0.1) is 0 Å². The van der Waals surface area contributed by atoms with Crippen molar-refractivity contribution in [1.29, 1.82) is 0 Å². The summed E-state index contributed by atoms with van der Waals surface area (Å²) in [6.07, 6.45) is 2.59. The van der Waals surface area contributed by atoms with Crippen molar-refractivity contribution < 1.29 is 0 Å². The van der Waals surface area contributed by atoms with Crippen LogP contribution in [0.3, 0.4) is 0 Å². The van der Waals surface area contributed by atoms with E-state index in [2.05, 4.69) is 63.7 Å². The van der Waals surface area contributed by atoms with Gasteiger partial charge in [0.1, 0.15) is 3.23 Å². The third kappa shape index (κ3) is 0.775. The maximum Gasteiger partial charge on any atom is 0.101 e. The van der Waals surface area contributed by atoms with Crippen LogP contribution in [0.15, 0.2) is 0 Å². The van der Waals surface area contributed by atoms with E-state index in [-0.39, 0.29) is 7.56 Å². The van der Waals surface area contributed by atoms with Crippen LogP contribution in [-0.4, -0.2) is 12.4 Å². The molecule has 58 valence electrons. The van der Waals surface area contributed by atoms with E-state index in [4.69, 9.17) is 0 Å². The first kappa shape index (κ1) is 8.52. The van der Waals surface area contributed by atoms with Gasteiger partial charge < -0.3 is 0 Å². The van der Waals surface area contributed by atoms with Crippen molar-refractivity contribution in [3.63, 3.8) is 0 Å². The van der Waals surface area contributed by atoms with Crippen molar-refractivity contribution in [2.75, 3.05) is 0 Å². The molecule has 2 aliphatic carbocycles. The van der Waals surface area contributed by atoms with E-state index in [0.29, 0.717) is 4.83 Å². The lowest BCUT2D eigenvalue weighted by Crippen LogP contribution is -2.18. The van der Waals surface area contributed by atoms with Gasteiger partial charge in [-0.2, -0.15) is 0 Å². The zero-order chi connectivity index (χ0) is 7.57. The molecule has 0 saturated heterocycles. The molecule has 0 radical (unpaired) electrons. The van der Waals surface area contributed by atoms with Gasteiger partial charge in [-0.05, 0) is 12.8 Å². The summed E-state index contributed by atoms with van der Waals surface area (Å²) in [4.78, 5) is 0.615. The molecule has 0 aromatic rings. The van der Waals surface area contributed by atoms with Crippen molar-refractivity contribution in [2.45, 2.75) is 25.2 Å².